The molecular formula is C18H20FNO2. The monoisotopic (exact) mass is 301 g/mol. The van der Waals surface area contributed by atoms with Crippen molar-refractivity contribution < 1.29 is 14.6 Å². The fourth-order valence-corrected chi connectivity index (χ4v) is 3.24. The van der Waals surface area contributed by atoms with Crippen LogP contribution in [0.1, 0.15) is 29.2 Å². The number of halogens is 1. The van der Waals surface area contributed by atoms with E-state index in [0.29, 0.717) is 0 Å². The summed E-state index contributed by atoms with van der Waals surface area (Å²) in [5.41, 5.74) is 2.00. The highest BCUT2D eigenvalue weighted by atomic mass is 19.1. The fourth-order valence-electron chi connectivity index (χ4n) is 3.24. The van der Waals surface area contributed by atoms with Crippen molar-refractivity contribution in [3.05, 3.63) is 71.0 Å². The number of aliphatic hydroxyl groups is 2. The Morgan fingerprint density at radius 1 is 1.14 bits per heavy atom. The van der Waals surface area contributed by atoms with Gasteiger partial charge in [0.2, 0.25) is 0 Å². The Kier molecular flexibility index (Phi) is 4.25. The summed E-state index contributed by atoms with van der Waals surface area (Å²) in [7, 11) is 0. The molecule has 2 atom stereocenters. The molecule has 0 spiro atoms. The van der Waals surface area contributed by atoms with Crippen LogP contribution >= 0.6 is 0 Å². The van der Waals surface area contributed by atoms with E-state index < -0.39 is 17.5 Å². The number of aryl methyl sites for hydroxylation is 1. The molecule has 0 fully saturated rings. The van der Waals surface area contributed by atoms with Crippen molar-refractivity contribution in [2.75, 3.05) is 13.2 Å². The summed E-state index contributed by atoms with van der Waals surface area (Å²) in [6.45, 7) is 0.143. The van der Waals surface area contributed by atoms with Gasteiger partial charge in [-0.25, -0.2) is 4.39 Å². The molecule has 22 heavy (non-hydrogen) atoms. The molecule has 0 aliphatic heterocycles. The molecule has 4 heteroatoms. The van der Waals surface area contributed by atoms with Crippen molar-refractivity contribution in [3.8, 4) is 0 Å². The summed E-state index contributed by atoms with van der Waals surface area (Å²) < 4.78 is 13.7. The first-order chi connectivity index (χ1) is 10.7. The number of aliphatic hydroxyl groups excluding tert-OH is 2. The number of nitrogens with one attached hydrogen (secondary N) is 1. The highest BCUT2D eigenvalue weighted by Crippen LogP contribution is 2.36. The van der Waals surface area contributed by atoms with Gasteiger partial charge in [0, 0.05) is 12.1 Å². The number of hydrogen-bond acceptors (Lipinski definition) is 3. The Hall–Kier alpha value is -1.75. The first kappa shape index (κ1) is 15.2. The first-order valence-electron chi connectivity index (χ1n) is 7.53. The maximum absolute atomic E-state index is 13.7. The third-order valence-corrected chi connectivity index (χ3v) is 4.52. The smallest absolute Gasteiger partial charge is 0.129 e. The van der Waals surface area contributed by atoms with E-state index in [-0.39, 0.29) is 18.7 Å². The lowest BCUT2D eigenvalue weighted by Crippen LogP contribution is -2.45. The first-order valence-corrected chi connectivity index (χ1v) is 7.53. The molecule has 1 aliphatic rings. The highest BCUT2D eigenvalue weighted by Gasteiger charge is 2.38. The second-order valence-electron chi connectivity index (χ2n) is 5.82. The van der Waals surface area contributed by atoms with Crippen LogP contribution in [-0.2, 0) is 12.0 Å². The van der Waals surface area contributed by atoms with E-state index in [1.54, 1.807) is 18.2 Å². The number of benzene rings is 2. The summed E-state index contributed by atoms with van der Waals surface area (Å²) in [5.74, 6) is -0.415. The zero-order valence-electron chi connectivity index (χ0n) is 12.3. The molecule has 0 bridgehead atoms. The summed E-state index contributed by atoms with van der Waals surface area (Å²) >= 11 is 0. The van der Waals surface area contributed by atoms with Crippen LogP contribution in [0.5, 0.6) is 0 Å². The van der Waals surface area contributed by atoms with Crippen LogP contribution in [0.4, 0.5) is 4.39 Å². The molecule has 2 aromatic carbocycles. The lowest BCUT2D eigenvalue weighted by Gasteiger charge is -2.31. The van der Waals surface area contributed by atoms with Gasteiger partial charge < -0.3 is 15.5 Å². The van der Waals surface area contributed by atoms with Gasteiger partial charge >= 0.3 is 0 Å². The van der Waals surface area contributed by atoms with Gasteiger partial charge in [-0.3, -0.25) is 0 Å². The van der Waals surface area contributed by atoms with Crippen molar-refractivity contribution >= 4 is 0 Å². The van der Waals surface area contributed by atoms with E-state index in [2.05, 4.69) is 11.4 Å². The SMILES string of the molecule is OCC1(NCC(O)c2ccccc2F)CCc2ccccc21. The topological polar surface area (TPSA) is 52.5 Å². The van der Waals surface area contributed by atoms with Gasteiger partial charge in [-0.2, -0.15) is 0 Å². The van der Waals surface area contributed by atoms with Gasteiger partial charge in [0.1, 0.15) is 5.82 Å². The largest absolute Gasteiger partial charge is 0.394 e. The Morgan fingerprint density at radius 2 is 1.86 bits per heavy atom. The Bertz CT molecular complexity index is 661. The molecule has 1 aliphatic carbocycles. The molecule has 0 saturated carbocycles. The van der Waals surface area contributed by atoms with Gasteiger partial charge in [0.15, 0.2) is 0 Å². The lowest BCUT2D eigenvalue weighted by atomic mass is 9.92. The Labute approximate surface area is 129 Å². The average Bonchev–Trinajstić information content (AvgIpc) is 2.93. The minimum atomic E-state index is -0.947. The quantitative estimate of drug-likeness (QED) is 0.794. The van der Waals surface area contributed by atoms with Crippen molar-refractivity contribution in [1.29, 1.82) is 0 Å². The van der Waals surface area contributed by atoms with Gasteiger partial charge in [-0.1, -0.05) is 42.5 Å². The van der Waals surface area contributed by atoms with E-state index >= 15 is 0 Å². The van der Waals surface area contributed by atoms with Gasteiger partial charge in [0.05, 0.1) is 18.2 Å². The molecule has 0 saturated heterocycles. The molecule has 0 aromatic heterocycles. The number of fused-ring (bicyclic) bond motifs is 1. The normalized spacial score (nSPS) is 21.6. The summed E-state index contributed by atoms with van der Waals surface area (Å²) in [6.07, 6.45) is 0.712. The predicted octanol–water partition coefficient (Wildman–Crippen LogP) is 2.28. The summed E-state index contributed by atoms with van der Waals surface area (Å²) in [5, 5.41) is 23.4. The molecule has 3 rings (SSSR count). The van der Waals surface area contributed by atoms with Crippen molar-refractivity contribution in [3.63, 3.8) is 0 Å². The summed E-state index contributed by atoms with van der Waals surface area (Å²) in [6, 6.07) is 14.2. The maximum atomic E-state index is 13.7. The van der Waals surface area contributed by atoms with Crippen molar-refractivity contribution in [2.24, 2.45) is 0 Å². The standard InChI is InChI=1S/C18H20FNO2/c19-16-8-4-2-6-14(16)17(22)11-20-18(12-21)10-9-13-5-1-3-7-15(13)18/h1-8,17,20-22H,9-12H2. The molecule has 116 valence electrons. The van der Waals surface area contributed by atoms with Crippen LogP contribution in [0.15, 0.2) is 48.5 Å². The highest BCUT2D eigenvalue weighted by molar-refractivity contribution is 5.39. The molecule has 0 radical (unpaired) electrons. The van der Waals surface area contributed by atoms with Crippen LogP contribution in [-0.4, -0.2) is 23.4 Å². The van der Waals surface area contributed by atoms with Crippen molar-refractivity contribution in [1.82, 2.24) is 5.32 Å². The van der Waals surface area contributed by atoms with Crippen LogP contribution in [0, 0.1) is 5.82 Å². The molecule has 3 nitrogen and oxygen atoms in total. The van der Waals surface area contributed by atoms with E-state index in [1.165, 1.54) is 11.6 Å². The molecule has 2 aromatic rings. The minimum Gasteiger partial charge on any atom is -0.394 e. The van der Waals surface area contributed by atoms with Gasteiger partial charge in [-0.15, -0.1) is 0 Å². The molecule has 0 heterocycles. The Balaban J connectivity index is 1.77. The molecular weight excluding hydrogens is 281 g/mol. The van der Waals surface area contributed by atoms with Gasteiger partial charge in [-0.05, 0) is 30.0 Å². The van der Waals surface area contributed by atoms with Crippen LogP contribution in [0.25, 0.3) is 0 Å². The van der Waals surface area contributed by atoms with E-state index in [0.717, 1.165) is 18.4 Å². The minimum absolute atomic E-state index is 0.0476. The van der Waals surface area contributed by atoms with Crippen LogP contribution in [0.2, 0.25) is 0 Å². The van der Waals surface area contributed by atoms with Crippen LogP contribution in [0.3, 0.4) is 0 Å². The zero-order chi connectivity index (χ0) is 15.6. The molecule has 3 N–H and O–H groups in total. The predicted molar refractivity (Wildman–Crippen MR) is 82.9 cm³/mol. The zero-order valence-corrected chi connectivity index (χ0v) is 12.3. The van der Waals surface area contributed by atoms with E-state index in [1.807, 2.05) is 18.2 Å². The molecule has 2 unspecified atom stereocenters. The second kappa shape index (κ2) is 6.16. The van der Waals surface area contributed by atoms with E-state index in [9.17, 15) is 14.6 Å². The molecule has 0 amide bonds. The third kappa shape index (κ3) is 2.65. The fraction of sp³-hybridized carbons (Fsp3) is 0.333. The number of hydrogen-bond donors (Lipinski definition) is 3. The second-order valence-corrected chi connectivity index (χ2v) is 5.82. The van der Waals surface area contributed by atoms with Crippen molar-refractivity contribution in [2.45, 2.75) is 24.5 Å². The number of rotatable bonds is 5. The van der Waals surface area contributed by atoms with Gasteiger partial charge in [0.25, 0.3) is 0 Å². The Morgan fingerprint density at radius 3 is 2.64 bits per heavy atom. The lowest BCUT2D eigenvalue weighted by molar-refractivity contribution is 0.117. The third-order valence-electron chi connectivity index (χ3n) is 4.52. The van der Waals surface area contributed by atoms with E-state index in [4.69, 9.17) is 0 Å². The van der Waals surface area contributed by atoms with Crippen LogP contribution < -0.4 is 5.32 Å². The summed E-state index contributed by atoms with van der Waals surface area (Å²) in [4.78, 5) is 0. The maximum Gasteiger partial charge on any atom is 0.129 e. The average molecular weight is 301 g/mol.